The molecule has 1 heterocycles. The zero-order chi connectivity index (χ0) is 8.10. The fraction of sp³-hybridized carbons (Fsp3) is 0.800. The van der Waals surface area contributed by atoms with Crippen LogP contribution in [0.2, 0.25) is 0 Å². The lowest BCUT2D eigenvalue weighted by atomic mass is 10.5. The normalized spacial score (nSPS) is 19.2. The molecular weight excluding hydrogens is 169 g/mol. The number of hydrogen-bond donors (Lipinski definition) is 1. The maximum Gasteiger partial charge on any atom is 0.414 e. The van der Waals surface area contributed by atoms with Crippen LogP contribution in [0.4, 0.5) is 4.79 Å². The smallest absolute Gasteiger partial charge is 0.404 e. The van der Waals surface area contributed by atoms with E-state index in [1.54, 1.807) is 0 Å². The van der Waals surface area contributed by atoms with Crippen molar-refractivity contribution in [1.29, 1.82) is 0 Å². The molecule has 6 heteroatoms. The molecule has 1 aliphatic rings. The second kappa shape index (κ2) is 4.49. The maximum atomic E-state index is 10.9. The van der Waals surface area contributed by atoms with Crippen molar-refractivity contribution in [2.75, 3.05) is 26.3 Å². The fourth-order valence-corrected chi connectivity index (χ4v) is 1.06. The Bertz CT molecular complexity index is 136. The average molecular weight is 179 g/mol. The lowest BCUT2D eigenvalue weighted by Gasteiger charge is -2.25. The zero-order valence-electron chi connectivity index (χ0n) is 5.95. The summed E-state index contributed by atoms with van der Waals surface area (Å²) in [7, 11) is -0.770. The van der Waals surface area contributed by atoms with Gasteiger partial charge in [0.1, 0.15) is 0 Å². The number of morpholine rings is 1. The Balaban J connectivity index is 2.27. The second-order valence-corrected chi connectivity index (χ2v) is 2.45. The molecule has 1 aliphatic heterocycles. The van der Waals surface area contributed by atoms with E-state index in [1.165, 1.54) is 4.90 Å². The maximum absolute atomic E-state index is 10.9. The molecule has 1 atom stereocenters. The third-order valence-corrected chi connectivity index (χ3v) is 1.67. The van der Waals surface area contributed by atoms with E-state index in [1.807, 2.05) is 0 Å². The molecule has 0 bridgehead atoms. The standard InChI is InChI=1S/C5H10NO4P/c7-5(10-11-8)6-1-3-9-4-2-6/h8,11H,1-4H2. The number of ether oxygens (including phenoxy) is 1. The molecule has 64 valence electrons. The molecule has 0 spiro atoms. The monoisotopic (exact) mass is 179 g/mol. The highest BCUT2D eigenvalue weighted by molar-refractivity contribution is 7.25. The van der Waals surface area contributed by atoms with E-state index in [9.17, 15) is 4.79 Å². The number of rotatable bonds is 1. The van der Waals surface area contributed by atoms with Gasteiger partial charge in [-0.2, -0.15) is 0 Å². The van der Waals surface area contributed by atoms with Crippen molar-refractivity contribution in [3.63, 3.8) is 0 Å². The van der Waals surface area contributed by atoms with Crippen LogP contribution in [0.1, 0.15) is 0 Å². The average Bonchev–Trinajstić information content (AvgIpc) is 2.07. The fourth-order valence-electron chi connectivity index (χ4n) is 0.850. The Morgan fingerprint density at radius 2 is 2.18 bits per heavy atom. The van der Waals surface area contributed by atoms with Gasteiger partial charge in [0, 0.05) is 13.1 Å². The SMILES string of the molecule is O=C(OPO)N1CCOCC1. The molecule has 5 nitrogen and oxygen atoms in total. The van der Waals surface area contributed by atoms with Crippen LogP contribution in [-0.2, 0) is 9.26 Å². The number of hydrogen-bond acceptors (Lipinski definition) is 4. The zero-order valence-corrected chi connectivity index (χ0v) is 6.95. The summed E-state index contributed by atoms with van der Waals surface area (Å²) in [6, 6.07) is 0. The molecule has 0 radical (unpaired) electrons. The first kappa shape index (κ1) is 8.71. The molecule has 1 amide bonds. The number of carbonyl (C=O) groups excluding carboxylic acids is 1. The van der Waals surface area contributed by atoms with Crippen LogP contribution in [0.3, 0.4) is 0 Å². The highest BCUT2D eigenvalue weighted by atomic mass is 31.1. The molecule has 0 saturated carbocycles. The highest BCUT2D eigenvalue weighted by Gasteiger charge is 2.17. The topological polar surface area (TPSA) is 59.0 Å². The first-order valence-corrected chi connectivity index (χ1v) is 4.12. The van der Waals surface area contributed by atoms with Gasteiger partial charge in [0.2, 0.25) is 9.03 Å². The summed E-state index contributed by atoms with van der Waals surface area (Å²) in [4.78, 5) is 20.7. The molecule has 1 saturated heterocycles. The van der Waals surface area contributed by atoms with E-state index in [0.717, 1.165) is 0 Å². The van der Waals surface area contributed by atoms with Crippen molar-refractivity contribution >= 4 is 15.1 Å². The Morgan fingerprint density at radius 1 is 1.55 bits per heavy atom. The largest absolute Gasteiger partial charge is 0.414 e. The third kappa shape index (κ3) is 2.61. The molecular formula is C5H10NO4P. The van der Waals surface area contributed by atoms with Gasteiger partial charge in [-0.05, 0) is 0 Å². The Hall–Kier alpha value is -0.380. The van der Waals surface area contributed by atoms with Gasteiger partial charge in [-0.1, -0.05) is 0 Å². The van der Waals surface area contributed by atoms with E-state index in [0.29, 0.717) is 26.3 Å². The molecule has 0 aromatic heterocycles. The van der Waals surface area contributed by atoms with Crippen LogP contribution < -0.4 is 0 Å². The van der Waals surface area contributed by atoms with Crippen LogP contribution >= 0.6 is 9.03 Å². The van der Waals surface area contributed by atoms with E-state index >= 15 is 0 Å². The lowest BCUT2D eigenvalue weighted by Crippen LogP contribution is -2.40. The van der Waals surface area contributed by atoms with Crippen LogP contribution in [0.15, 0.2) is 0 Å². The first-order chi connectivity index (χ1) is 5.34. The second-order valence-electron chi connectivity index (χ2n) is 2.06. The van der Waals surface area contributed by atoms with Gasteiger partial charge in [-0.25, -0.2) is 4.79 Å². The van der Waals surface area contributed by atoms with Crippen molar-refractivity contribution in [2.45, 2.75) is 0 Å². The predicted molar refractivity (Wildman–Crippen MR) is 39.4 cm³/mol. The minimum atomic E-state index is -0.770. The molecule has 0 aromatic carbocycles. The summed E-state index contributed by atoms with van der Waals surface area (Å²) < 4.78 is 9.41. The van der Waals surface area contributed by atoms with Crippen molar-refractivity contribution < 1.29 is 18.9 Å². The molecule has 1 N–H and O–H groups in total. The lowest BCUT2D eigenvalue weighted by molar-refractivity contribution is 0.0423. The Kier molecular flexibility index (Phi) is 3.56. The van der Waals surface area contributed by atoms with Gasteiger partial charge < -0.3 is 19.1 Å². The summed E-state index contributed by atoms with van der Waals surface area (Å²) in [5.74, 6) is 0. The van der Waals surface area contributed by atoms with Crippen molar-refractivity contribution in [3.05, 3.63) is 0 Å². The summed E-state index contributed by atoms with van der Waals surface area (Å²) in [6.07, 6.45) is -0.464. The Labute approximate surface area is 66.2 Å². The summed E-state index contributed by atoms with van der Waals surface area (Å²) in [5.41, 5.74) is 0. The quantitative estimate of drug-likeness (QED) is 0.573. The van der Waals surface area contributed by atoms with E-state index in [4.69, 9.17) is 9.63 Å². The predicted octanol–water partition coefficient (Wildman–Crippen LogP) is -0.0440. The van der Waals surface area contributed by atoms with Crippen LogP contribution in [0.25, 0.3) is 0 Å². The minimum Gasteiger partial charge on any atom is -0.404 e. The highest BCUT2D eigenvalue weighted by Crippen LogP contribution is 2.08. The molecule has 0 aromatic rings. The van der Waals surface area contributed by atoms with Gasteiger partial charge in [0.05, 0.1) is 13.2 Å². The number of carbonyl (C=O) groups is 1. The van der Waals surface area contributed by atoms with Gasteiger partial charge in [0.15, 0.2) is 0 Å². The van der Waals surface area contributed by atoms with E-state index < -0.39 is 15.1 Å². The van der Waals surface area contributed by atoms with Crippen LogP contribution in [0, 0.1) is 0 Å². The Morgan fingerprint density at radius 3 is 2.73 bits per heavy atom. The number of amides is 1. The molecule has 1 fully saturated rings. The third-order valence-electron chi connectivity index (χ3n) is 1.40. The molecule has 11 heavy (non-hydrogen) atoms. The van der Waals surface area contributed by atoms with Gasteiger partial charge in [-0.3, -0.25) is 0 Å². The first-order valence-electron chi connectivity index (χ1n) is 3.27. The van der Waals surface area contributed by atoms with Crippen molar-refractivity contribution in [2.24, 2.45) is 0 Å². The molecule has 0 aliphatic carbocycles. The van der Waals surface area contributed by atoms with Gasteiger partial charge in [0.25, 0.3) is 0 Å². The summed E-state index contributed by atoms with van der Waals surface area (Å²) >= 11 is 0. The van der Waals surface area contributed by atoms with E-state index in [2.05, 4.69) is 4.52 Å². The van der Waals surface area contributed by atoms with Gasteiger partial charge in [-0.15, -0.1) is 0 Å². The summed E-state index contributed by atoms with van der Waals surface area (Å²) in [5, 5.41) is 0. The van der Waals surface area contributed by atoms with Crippen LogP contribution in [0.5, 0.6) is 0 Å². The van der Waals surface area contributed by atoms with Crippen molar-refractivity contribution in [1.82, 2.24) is 4.90 Å². The van der Waals surface area contributed by atoms with E-state index in [-0.39, 0.29) is 0 Å². The summed E-state index contributed by atoms with van der Waals surface area (Å²) in [6.45, 7) is 2.18. The van der Waals surface area contributed by atoms with Gasteiger partial charge >= 0.3 is 6.09 Å². The number of nitrogens with zero attached hydrogens (tertiary/aromatic N) is 1. The minimum absolute atomic E-state index is 0.464. The molecule has 1 unspecified atom stereocenters. The van der Waals surface area contributed by atoms with Crippen LogP contribution in [-0.4, -0.2) is 42.2 Å². The van der Waals surface area contributed by atoms with Crippen molar-refractivity contribution in [3.8, 4) is 0 Å². The molecule has 1 rings (SSSR count).